The van der Waals surface area contributed by atoms with Crippen molar-refractivity contribution in [2.75, 3.05) is 18.5 Å². The Bertz CT molecular complexity index is 293. The summed E-state index contributed by atoms with van der Waals surface area (Å²) in [7, 11) is 0. The van der Waals surface area contributed by atoms with Crippen LogP contribution in [0.15, 0.2) is 18.3 Å². The average Bonchev–Trinajstić information content (AvgIpc) is 2.65. The maximum atomic E-state index is 5.30. The van der Waals surface area contributed by atoms with Gasteiger partial charge in [0.05, 0.1) is 13.2 Å². The van der Waals surface area contributed by atoms with Crippen LogP contribution in [0.25, 0.3) is 0 Å². The van der Waals surface area contributed by atoms with E-state index in [1.54, 1.807) is 6.20 Å². The Balaban J connectivity index is 1.66. The van der Waals surface area contributed by atoms with Crippen LogP contribution in [0.5, 0.6) is 0 Å². The molecule has 1 N–H and O–H groups in total. The molecule has 2 fully saturated rings. The first-order valence-electron chi connectivity index (χ1n) is 4.57. The molecular formula is C9H11N3O. The molecule has 2 aliphatic rings. The molecule has 3 rings (SSSR count). The monoisotopic (exact) mass is 177 g/mol. The van der Waals surface area contributed by atoms with Gasteiger partial charge in [-0.05, 0) is 12.1 Å². The van der Waals surface area contributed by atoms with E-state index in [-0.39, 0.29) is 0 Å². The fourth-order valence-electron chi connectivity index (χ4n) is 2.00. The summed E-state index contributed by atoms with van der Waals surface area (Å²) in [5.74, 6) is 2.30. The fourth-order valence-corrected chi connectivity index (χ4v) is 2.00. The van der Waals surface area contributed by atoms with Crippen LogP contribution >= 0.6 is 0 Å². The molecule has 1 aliphatic carbocycles. The third kappa shape index (κ3) is 1.18. The Morgan fingerprint density at radius 1 is 1.38 bits per heavy atom. The van der Waals surface area contributed by atoms with Crippen LogP contribution in [-0.4, -0.2) is 29.5 Å². The predicted molar refractivity (Wildman–Crippen MR) is 47.2 cm³/mol. The van der Waals surface area contributed by atoms with Crippen LogP contribution in [0.1, 0.15) is 0 Å². The minimum Gasteiger partial charge on any atom is -0.381 e. The Kier molecular flexibility index (Phi) is 1.49. The highest BCUT2D eigenvalue weighted by atomic mass is 16.5. The molecular weight excluding hydrogens is 166 g/mol. The zero-order valence-electron chi connectivity index (χ0n) is 7.18. The summed E-state index contributed by atoms with van der Waals surface area (Å²) in [6.45, 7) is 1.81. The summed E-state index contributed by atoms with van der Waals surface area (Å²) in [6, 6.07) is 4.41. The van der Waals surface area contributed by atoms with Gasteiger partial charge in [0.1, 0.15) is 5.82 Å². The summed E-state index contributed by atoms with van der Waals surface area (Å²) in [5.41, 5.74) is 0. The van der Waals surface area contributed by atoms with Gasteiger partial charge in [0, 0.05) is 24.1 Å². The lowest BCUT2D eigenvalue weighted by molar-refractivity contribution is 0.162. The Labute approximate surface area is 76.3 Å². The number of ether oxygens (including phenoxy) is 1. The topological polar surface area (TPSA) is 47.0 Å². The quantitative estimate of drug-likeness (QED) is 0.716. The smallest absolute Gasteiger partial charge is 0.148 e. The van der Waals surface area contributed by atoms with Crippen molar-refractivity contribution < 1.29 is 4.74 Å². The van der Waals surface area contributed by atoms with E-state index < -0.39 is 0 Å². The minimum absolute atomic E-state index is 0.574. The largest absolute Gasteiger partial charge is 0.381 e. The number of fused-ring (bicyclic) bond motifs is 1. The molecule has 1 unspecified atom stereocenters. The SMILES string of the molecule is c1cnnc(NC2[C@H]3COC[C@@H]23)c1. The first-order chi connectivity index (χ1) is 6.45. The van der Waals surface area contributed by atoms with E-state index in [1.165, 1.54) is 0 Å². The lowest BCUT2D eigenvalue weighted by Crippen LogP contribution is -2.13. The van der Waals surface area contributed by atoms with Crippen molar-refractivity contribution >= 4 is 5.82 Å². The molecule has 0 amide bonds. The second-order valence-corrected chi connectivity index (χ2v) is 3.64. The minimum atomic E-state index is 0.574. The molecule has 1 saturated heterocycles. The lowest BCUT2D eigenvalue weighted by atomic mass is 10.4. The van der Waals surface area contributed by atoms with Crippen LogP contribution in [-0.2, 0) is 4.74 Å². The van der Waals surface area contributed by atoms with E-state index in [2.05, 4.69) is 15.5 Å². The molecule has 0 aromatic carbocycles. The van der Waals surface area contributed by atoms with Gasteiger partial charge in [0.2, 0.25) is 0 Å². The third-order valence-corrected chi connectivity index (χ3v) is 2.84. The third-order valence-electron chi connectivity index (χ3n) is 2.84. The maximum Gasteiger partial charge on any atom is 0.148 e. The summed E-state index contributed by atoms with van der Waals surface area (Å²) in [4.78, 5) is 0. The molecule has 68 valence electrons. The van der Waals surface area contributed by atoms with E-state index in [0.29, 0.717) is 17.9 Å². The highest BCUT2D eigenvalue weighted by molar-refractivity contribution is 5.37. The summed E-state index contributed by atoms with van der Waals surface area (Å²) in [5, 5.41) is 11.2. The molecule has 2 heterocycles. The van der Waals surface area contributed by atoms with Gasteiger partial charge < -0.3 is 10.1 Å². The molecule has 0 radical (unpaired) electrons. The van der Waals surface area contributed by atoms with Gasteiger partial charge in [-0.25, -0.2) is 0 Å². The van der Waals surface area contributed by atoms with Gasteiger partial charge in [0.25, 0.3) is 0 Å². The van der Waals surface area contributed by atoms with Gasteiger partial charge in [0.15, 0.2) is 0 Å². The highest BCUT2D eigenvalue weighted by Crippen LogP contribution is 2.45. The fraction of sp³-hybridized carbons (Fsp3) is 0.556. The first-order valence-corrected chi connectivity index (χ1v) is 4.57. The number of anilines is 1. The van der Waals surface area contributed by atoms with Gasteiger partial charge in [-0.3, -0.25) is 0 Å². The van der Waals surface area contributed by atoms with E-state index in [4.69, 9.17) is 4.74 Å². The van der Waals surface area contributed by atoms with Crippen molar-refractivity contribution in [3.63, 3.8) is 0 Å². The van der Waals surface area contributed by atoms with Crippen molar-refractivity contribution in [2.45, 2.75) is 6.04 Å². The van der Waals surface area contributed by atoms with E-state index in [1.807, 2.05) is 12.1 Å². The standard InChI is InChI=1S/C9H11N3O/c1-2-8(12-10-3-1)11-9-6-4-13-5-7(6)9/h1-3,6-7,9H,4-5H2,(H,11,12)/t6-,7+,9?. The molecule has 3 atom stereocenters. The number of hydrogen-bond acceptors (Lipinski definition) is 4. The maximum absolute atomic E-state index is 5.30. The summed E-state index contributed by atoms with van der Waals surface area (Å²) < 4.78 is 5.30. The second kappa shape index (κ2) is 2.67. The van der Waals surface area contributed by atoms with Crippen molar-refractivity contribution in [1.82, 2.24) is 10.2 Å². The molecule has 0 spiro atoms. The van der Waals surface area contributed by atoms with Gasteiger partial charge in [-0.15, -0.1) is 5.10 Å². The zero-order valence-corrected chi connectivity index (χ0v) is 7.18. The van der Waals surface area contributed by atoms with Crippen LogP contribution in [0.4, 0.5) is 5.82 Å². The summed E-state index contributed by atoms with van der Waals surface area (Å²) in [6.07, 6.45) is 1.68. The molecule has 1 aromatic heterocycles. The van der Waals surface area contributed by atoms with Crippen molar-refractivity contribution in [3.8, 4) is 0 Å². The van der Waals surface area contributed by atoms with Crippen molar-refractivity contribution in [1.29, 1.82) is 0 Å². The highest BCUT2D eigenvalue weighted by Gasteiger charge is 2.54. The van der Waals surface area contributed by atoms with Crippen LogP contribution in [0, 0.1) is 11.8 Å². The van der Waals surface area contributed by atoms with Crippen LogP contribution in [0.2, 0.25) is 0 Å². The van der Waals surface area contributed by atoms with E-state index in [9.17, 15) is 0 Å². The van der Waals surface area contributed by atoms with Crippen LogP contribution in [0.3, 0.4) is 0 Å². The molecule has 4 heteroatoms. The molecule has 1 aromatic rings. The molecule has 4 nitrogen and oxygen atoms in total. The Morgan fingerprint density at radius 3 is 2.92 bits per heavy atom. The second-order valence-electron chi connectivity index (χ2n) is 3.64. The lowest BCUT2D eigenvalue weighted by Gasteiger charge is -2.06. The Hall–Kier alpha value is -1.16. The van der Waals surface area contributed by atoms with E-state index >= 15 is 0 Å². The van der Waals surface area contributed by atoms with Gasteiger partial charge >= 0.3 is 0 Å². The van der Waals surface area contributed by atoms with Gasteiger partial charge in [-0.2, -0.15) is 5.10 Å². The number of nitrogens with zero attached hydrogens (tertiary/aromatic N) is 2. The average molecular weight is 177 g/mol. The van der Waals surface area contributed by atoms with Crippen molar-refractivity contribution in [2.24, 2.45) is 11.8 Å². The first kappa shape index (κ1) is 7.26. The molecule has 1 saturated carbocycles. The molecule has 0 bridgehead atoms. The van der Waals surface area contributed by atoms with Gasteiger partial charge in [-0.1, -0.05) is 0 Å². The number of aromatic nitrogens is 2. The van der Waals surface area contributed by atoms with Crippen LogP contribution < -0.4 is 5.32 Å². The number of hydrogen-bond donors (Lipinski definition) is 1. The molecule has 1 aliphatic heterocycles. The van der Waals surface area contributed by atoms with E-state index in [0.717, 1.165) is 19.0 Å². The van der Waals surface area contributed by atoms with Crippen molar-refractivity contribution in [3.05, 3.63) is 18.3 Å². The normalized spacial score (nSPS) is 35.5. The predicted octanol–water partition coefficient (Wildman–Crippen LogP) is 0.533. The summed E-state index contributed by atoms with van der Waals surface area (Å²) >= 11 is 0. The Morgan fingerprint density at radius 2 is 2.23 bits per heavy atom. The number of nitrogens with one attached hydrogen (secondary N) is 1. The molecule has 13 heavy (non-hydrogen) atoms. The number of rotatable bonds is 2. The zero-order chi connectivity index (χ0) is 8.67.